The lowest BCUT2D eigenvalue weighted by atomic mass is 10.00. The molecule has 0 heterocycles. The highest BCUT2D eigenvalue weighted by molar-refractivity contribution is 6.39. The van der Waals surface area contributed by atoms with Crippen molar-refractivity contribution < 1.29 is 4.39 Å². The van der Waals surface area contributed by atoms with E-state index in [2.05, 4.69) is 0 Å². The van der Waals surface area contributed by atoms with Crippen LogP contribution in [0.5, 0.6) is 0 Å². The Morgan fingerprint density at radius 1 is 0.737 bits per heavy atom. The number of halogens is 3. The number of hydrogen-bond acceptors (Lipinski definition) is 0. The molecular formula is C16H9Cl2F. The lowest BCUT2D eigenvalue weighted by Crippen LogP contribution is -1.89. The molecule has 3 aromatic rings. The maximum Gasteiger partial charge on any atom is 0.138 e. The van der Waals surface area contributed by atoms with Crippen molar-refractivity contribution >= 4 is 34.0 Å². The van der Waals surface area contributed by atoms with E-state index in [0.29, 0.717) is 26.6 Å². The van der Waals surface area contributed by atoms with Gasteiger partial charge < -0.3 is 0 Å². The van der Waals surface area contributed by atoms with E-state index >= 15 is 0 Å². The Kier molecular flexibility index (Phi) is 3.17. The smallest absolute Gasteiger partial charge is 0.138 e. The van der Waals surface area contributed by atoms with E-state index in [-0.39, 0.29) is 5.82 Å². The van der Waals surface area contributed by atoms with E-state index in [1.807, 2.05) is 24.3 Å². The Morgan fingerprint density at radius 3 is 2.16 bits per heavy atom. The Hall–Kier alpha value is -1.57. The van der Waals surface area contributed by atoms with Crippen molar-refractivity contribution in [3.63, 3.8) is 0 Å². The molecular weight excluding hydrogens is 282 g/mol. The molecule has 3 aromatic carbocycles. The molecule has 0 bridgehead atoms. The maximum atomic E-state index is 14.6. The van der Waals surface area contributed by atoms with Gasteiger partial charge in [-0.15, -0.1) is 0 Å². The Labute approximate surface area is 120 Å². The first-order valence-electron chi connectivity index (χ1n) is 5.80. The Morgan fingerprint density at radius 2 is 1.42 bits per heavy atom. The third-order valence-corrected chi connectivity index (χ3v) is 3.73. The van der Waals surface area contributed by atoms with Crippen LogP contribution in [0, 0.1) is 5.82 Å². The highest BCUT2D eigenvalue weighted by atomic mass is 35.5. The van der Waals surface area contributed by atoms with Crippen LogP contribution in [-0.2, 0) is 0 Å². The molecule has 0 unspecified atom stereocenters. The molecule has 0 aromatic heterocycles. The van der Waals surface area contributed by atoms with Gasteiger partial charge in [0, 0.05) is 26.6 Å². The van der Waals surface area contributed by atoms with E-state index in [0.717, 1.165) is 5.39 Å². The zero-order valence-corrected chi connectivity index (χ0v) is 11.3. The van der Waals surface area contributed by atoms with E-state index in [9.17, 15) is 4.39 Å². The van der Waals surface area contributed by atoms with Gasteiger partial charge in [-0.25, -0.2) is 4.39 Å². The fourth-order valence-electron chi connectivity index (χ4n) is 2.18. The summed E-state index contributed by atoms with van der Waals surface area (Å²) in [5, 5.41) is 2.31. The summed E-state index contributed by atoms with van der Waals surface area (Å²) in [7, 11) is 0. The van der Waals surface area contributed by atoms with Gasteiger partial charge in [0.1, 0.15) is 5.82 Å². The van der Waals surface area contributed by atoms with Crippen molar-refractivity contribution in [2.45, 2.75) is 0 Å². The zero-order chi connectivity index (χ0) is 13.4. The topological polar surface area (TPSA) is 0 Å². The average molecular weight is 291 g/mol. The fourth-order valence-corrected chi connectivity index (χ4v) is 2.78. The van der Waals surface area contributed by atoms with Crippen molar-refractivity contribution in [1.82, 2.24) is 0 Å². The molecule has 0 saturated heterocycles. The number of fused-ring (bicyclic) bond motifs is 1. The molecule has 0 aliphatic heterocycles. The van der Waals surface area contributed by atoms with Crippen LogP contribution in [0.2, 0.25) is 10.0 Å². The third-order valence-electron chi connectivity index (χ3n) is 3.10. The van der Waals surface area contributed by atoms with Crippen LogP contribution in [-0.4, -0.2) is 0 Å². The molecule has 3 rings (SSSR count). The summed E-state index contributed by atoms with van der Waals surface area (Å²) >= 11 is 12.3. The zero-order valence-electron chi connectivity index (χ0n) is 9.83. The average Bonchev–Trinajstić information content (AvgIpc) is 2.41. The summed E-state index contributed by atoms with van der Waals surface area (Å²) in [6.07, 6.45) is 0. The van der Waals surface area contributed by atoms with E-state index in [1.165, 1.54) is 0 Å². The SMILES string of the molecule is Fc1c(-c2c(Cl)cccc2Cl)ccc2ccccc12. The van der Waals surface area contributed by atoms with Crippen LogP contribution in [0.1, 0.15) is 0 Å². The number of hydrogen-bond donors (Lipinski definition) is 0. The van der Waals surface area contributed by atoms with Gasteiger partial charge in [-0.1, -0.05) is 65.7 Å². The first-order chi connectivity index (χ1) is 9.18. The third kappa shape index (κ3) is 2.09. The molecule has 0 N–H and O–H groups in total. The Bertz CT molecular complexity index is 746. The standard InChI is InChI=1S/C16H9Cl2F/c17-13-6-3-7-14(18)15(13)12-9-8-10-4-1-2-5-11(10)16(12)19/h1-9H. The molecule has 0 nitrogen and oxygen atoms in total. The largest absolute Gasteiger partial charge is 0.206 e. The van der Waals surface area contributed by atoms with Crippen LogP contribution >= 0.6 is 23.2 Å². The minimum Gasteiger partial charge on any atom is -0.206 e. The molecule has 0 amide bonds. The van der Waals surface area contributed by atoms with Crippen LogP contribution in [0.25, 0.3) is 21.9 Å². The lowest BCUT2D eigenvalue weighted by Gasteiger charge is -2.10. The van der Waals surface area contributed by atoms with Crippen LogP contribution < -0.4 is 0 Å². The number of benzene rings is 3. The van der Waals surface area contributed by atoms with Gasteiger partial charge in [0.25, 0.3) is 0 Å². The summed E-state index contributed by atoms with van der Waals surface area (Å²) in [5.41, 5.74) is 0.961. The molecule has 0 atom stereocenters. The predicted octanol–water partition coefficient (Wildman–Crippen LogP) is 5.95. The van der Waals surface area contributed by atoms with Crippen LogP contribution in [0.4, 0.5) is 4.39 Å². The monoisotopic (exact) mass is 290 g/mol. The number of rotatable bonds is 1. The van der Waals surface area contributed by atoms with Gasteiger partial charge in [-0.3, -0.25) is 0 Å². The van der Waals surface area contributed by atoms with Gasteiger partial charge in [-0.05, 0) is 17.5 Å². The van der Waals surface area contributed by atoms with Crippen molar-refractivity contribution in [3.8, 4) is 11.1 Å². The van der Waals surface area contributed by atoms with Gasteiger partial charge in [0.15, 0.2) is 0 Å². The lowest BCUT2D eigenvalue weighted by molar-refractivity contribution is 0.643. The minimum atomic E-state index is -0.298. The molecule has 0 aliphatic rings. The van der Waals surface area contributed by atoms with Gasteiger partial charge >= 0.3 is 0 Å². The van der Waals surface area contributed by atoms with Crippen LogP contribution in [0.3, 0.4) is 0 Å². The summed E-state index contributed by atoms with van der Waals surface area (Å²) < 4.78 is 14.6. The van der Waals surface area contributed by atoms with E-state index < -0.39 is 0 Å². The molecule has 19 heavy (non-hydrogen) atoms. The fraction of sp³-hybridized carbons (Fsp3) is 0. The second-order valence-corrected chi connectivity index (χ2v) is 5.06. The summed E-state index contributed by atoms with van der Waals surface area (Å²) in [4.78, 5) is 0. The van der Waals surface area contributed by atoms with Gasteiger partial charge in [0.2, 0.25) is 0 Å². The predicted molar refractivity (Wildman–Crippen MR) is 79.4 cm³/mol. The first kappa shape index (κ1) is 12.5. The Balaban J connectivity index is 2.35. The van der Waals surface area contributed by atoms with Crippen LogP contribution in [0.15, 0.2) is 54.6 Å². The molecule has 0 radical (unpaired) electrons. The van der Waals surface area contributed by atoms with Gasteiger partial charge in [-0.2, -0.15) is 0 Å². The molecule has 0 aliphatic carbocycles. The second-order valence-electron chi connectivity index (χ2n) is 4.24. The minimum absolute atomic E-state index is 0.298. The summed E-state index contributed by atoms with van der Waals surface area (Å²) in [6.45, 7) is 0. The van der Waals surface area contributed by atoms with Gasteiger partial charge in [0.05, 0.1) is 0 Å². The van der Waals surface area contributed by atoms with Crippen molar-refractivity contribution in [2.24, 2.45) is 0 Å². The van der Waals surface area contributed by atoms with E-state index in [1.54, 1.807) is 30.3 Å². The summed E-state index contributed by atoms with van der Waals surface area (Å²) in [5.74, 6) is -0.298. The van der Waals surface area contributed by atoms with Crippen molar-refractivity contribution in [2.75, 3.05) is 0 Å². The molecule has 0 saturated carbocycles. The van der Waals surface area contributed by atoms with E-state index in [4.69, 9.17) is 23.2 Å². The normalized spacial score (nSPS) is 10.9. The first-order valence-corrected chi connectivity index (χ1v) is 6.55. The maximum absolute atomic E-state index is 14.6. The summed E-state index contributed by atoms with van der Waals surface area (Å²) in [6, 6.07) is 16.0. The molecule has 94 valence electrons. The quantitative estimate of drug-likeness (QED) is 0.519. The highest BCUT2D eigenvalue weighted by Gasteiger charge is 2.14. The highest BCUT2D eigenvalue weighted by Crippen LogP contribution is 2.37. The van der Waals surface area contributed by atoms with Crippen molar-refractivity contribution in [1.29, 1.82) is 0 Å². The molecule has 0 fully saturated rings. The molecule has 0 spiro atoms. The van der Waals surface area contributed by atoms with Crippen molar-refractivity contribution in [3.05, 3.63) is 70.5 Å². The second kappa shape index (κ2) is 4.84. The molecule has 3 heteroatoms.